The van der Waals surface area contributed by atoms with Gasteiger partial charge in [0.1, 0.15) is 0 Å². The number of carbonyl (C=O) groups excluding carboxylic acids is 1. The standard InChI is InChI=1S/C14H25ClO2/c1-3-4-5-6-7-8-9-10-11-13(12-15)14(16)17-2/h11H,3-10,12H2,1-2H3/b13-11+. The first kappa shape index (κ1) is 16.5. The van der Waals surface area contributed by atoms with E-state index in [2.05, 4.69) is 11.7 Å². The van der Waals surface area contributed by atoms with E-state index in [4.69, 9.17) is 11.6 Å². The monoisotopic (exact) mass is 260 g/mol. The number of unbranched alkanes of at least 4 members (excludes halogenated alkanes) is 7. The molecule has 0 bridgehead atoms. The van der Waals surface area contributed by atoms with E-state index in [1.165, 1.54) is 45.6 Å². The number of hydrogen-bond donors (Lipinski definition) is 0. The van der Waals surface area contributed by atoms with E-state index in [0.29, 0.717) is 5.57 Å². The average Bonchev–Trinajstić information content (AvgIpc) is 2.36. The van der Waals surface area contributed by atoms with E-state index < -0.39 is 0 Å². The molecule has 0 saturated carbocycles. The minimum Gasteiger partial charge on any atom is -0.466 e. The Bertz CT molecular complexity index is 224. The van der Waals surface area contributed by atoms with Gasteiger partial charge in [0.25, 0.3) is 0 Å². The van der Waals surface area contributed by atoms with Crippen molar-refractivity contribution in [2.24, 2.45) is 0 Å². The lowest BCUT2D eigenvalue weighted by molar-refractivity contribution is -0.136. The Labute approximate surface area is 110 Å². The molecule has 0 aliphatic carbocycles. The molecule has 0 aromatic heterocycles. The van der Waals surface area contributed by atoms with Crippen LogP contribution in [0.25, 0.3) is 0 Å². The Morgan fingerprint density at radius 3 is 2.24 bits per heavy atom. The zero-order chi connectivity index (χ0) is 12.9. The van der Waals surface area contributed by atoms with Gasteiger partial charge in [-0.2, -0.15) is 0 Å². The van der Waals surface area contributed by atoms with E-state index >= 15 is 0 Å². The second kappa shape index (κ2) is 12.0. The molecule has 0 rings (SSSR count). The third-order valence-electron chi connectivity index (χ3n) is 2.79. The maximum Gasteiger partial charge on any atom is 0.334 e. The van der Waals surface area contributed by atoms with Crippen molar-refractivity contribution in [3.05, 3.63) is 11.6 Å². The van der Waals surface area contributed by atoms with E-state index in [-0.39, 0.29) is 11.8 Å². The third kappa shape index (κ3) is 9.22. The minimum absolute atomic E-state index is 0.239. The topological polar surface area (TPSA) is 26.3 Å². The highest BCUT2D eigenvalue weighted by atomic mass is 35.5. The molecule has 0 aliphatic rings. The average molecular weight is 261 g/mol. The number of ether oxygens (including phenoxy) is 1. The lowest BCUT2D eigenvalue weighted by atomic mass is 10.1. The summed E-state index contributed by atoms with van der Waals surface area (Å²) in [4.78, 5) is 11.2. The molecule has 17 heavy (non-hydrogen) atoms. The number of alkyl halides is 1. The number of halogens is 1. The number of methoxy groups -OCH3 is 1. The van der Waals surface area contributed by atoms with Crippen molar-refractivity contribution < 1.29 is 9.53 Å². The number of carbonyl (C=O) groups is 1. The zero-order valence-corrected chi connectivity index (χ0v) is 11.9. The molecule has 0 fully saturated rings. The maximum atomic E-state index is 11.2. The van der Waals surface area contributed by atoms with Gasteiger partial charge >= 0.3 is 5.97 Å². The molecule has 0 spiro atoms. The summed E-state index contributed by atoms with van der Waals surface area (Å²) in [5, 5.41) is 0. The molecule has 0 unspecified atom stereocenters. The summed E-state index contributed by atoms with van der Waals surface area (Å²) in [6.45, 7) is 2.23. The molecule has 0 amide bonds. The van der Waals surface area contributed by atoms with Gasteiger partial charge in [-0.1, -0.05) is 51.5 Å². The Morgan fingerprint density at radius 2 is 1.71 bits per heavy atom. The van der Waals surface area contributed by atoms with Gasteiger partial charge in [-0.3, -0.25) is 0 Å². The third-order valence-corrected chi connectivity index (χ3v) is 3.08. The summed E-state index contributed by atoms with van der Waals surface area (Å²) in [6.07, 6.45) is 11.8. The largest absolute Gasteiger partial charge is 0.466 e. The van der Waals surface area contributed by atoms with Crippen molar-refractivity contribution >= 4 is 17.6 Å². The molecule has 0 heterocycles. The predicted molar refractivity (Wildman–Crippen MR) is 73.4 cm³/mol. The lowest BCUT2D eigenvalue weighted by Crippen LogP contribution is -2.05. The van der Waals surface area contributed by atoms with Gasteiger partial charge in [-0.05, 0) is 12.8 Å². The van der Waals surface area contributed by atoms with Gasteiger partial charge in [0.2, 0.25) is 0 Å². The molecule has 0 aromatic rings. The summed E-state index contributed by atoms with van der Waals surface area (Å²) >= 11 is 5.67. The van der Waals surface area contributed by atoms with Gasteiger partial charge in [0.15, 0.2) is 0 Å². The SMILES string of the molecule is CCCCCCCCC/C=C(\CCl)C(=O)OC. The van der Waals surface area contributed by atoms with Crippen LogP contribution in [0.15, 0.2) is 11.6 Å². The zero-order valence-electron chi connectivity index (χ0n) is 11.1. The van der Waals surface area contributed by atoms with Gasteiger partial charge in [-0.25, -0.2) is 4.79 Å². The fourth-order valence-corrected chi connectivity index (χ4v) is 1.92. The van der Waals surface area contributed by atoms with Crippen LogP contribution in [0.2, 0.25) is 0 Å². The van der Waals surface area contributed by atoms with Crippen LogP contribution in [-0.2, 0) is 9.53 Å². The smallest absolute Gasteiger partial charge is 0.334 e. The highest BCUT2D eigenvalue weighted by molar-refractivity contribution is 6.22. The Balaban J connectivity index is 3.53. The van der Waals surface area contributed by atoms with E-state index in [1.807, 2.05) is 6.08 Å². The first-order valence-electron chi connectivity index (χ1n) is 6.59. The molecule has 3 heteroatoms. The number of esters is 1. The van der Waals surface area contributed by atoms with Crippen LogP contribution in [0.5, 0.6) is 0 Å². The summed E-state index contributed by atoms with van der Waals surface area (Å²) in [5.41, 5.74) is 0.583. The molecular weight excluding hydrogens is 236 g/mol. The molecule has 0 radical (unpaired) electrons. The second-order valence-corrected chi connectivity index (χ2v) is 4.53. The molecule has 0 saturated heterocycles. The van der Waals surface area contributed by atoms with E-state index in [1.54, 1.807) is 0 Å². The summed E-state index contributed by atoms with van der Waals surface area (Å²) in [6, 6.07) is 0. The molecule has 0 atom stereocenters. The van der Waals surface area contributed by atoms with Crippen LogP contribution >= 0.6 is 11.6 Å². The van der Waals surface area contributed by atoms with Crippen LogP contribution in [0.1, 0.15) is 58.3 Å². The van der Waals surface area contributed by atoms with Crippen molar-refractivity contribution in [1.29, 1.82) is 0 Å². The normalized spacial score (nSPS) is 11.6. The van der Waals surface area contributed by atoms with Crippen LogP contribution in [-0.4, -0.2) is 19.0 Å². The molecule has 2 nitrogen and oxygen atoms in total. The summed E-state index contributed by atoms with van der Waals surface area (Å²) in [5.74, 6) is -0.0636. The van der Waals surface area contributed by atoms with Crippen molar-refractivity contribution in [1.82, 2.24) is 0 Å². The van der Waals surface area contributed by atoms with Crippen LogP contribution in [0, 0.1) is 0 Å². The fourth-order valence-electron chi connectivity index (χ4n) is 1.70. The summed E-state index contributed by atoms with van der Waals surface area (Å²) in [7, 11) is 1.39. The first-order valence-corrected chi connectivity index (χ1v) is 7.13. The fraction of sp³-hybridized carbons (Fsp3) is 0.786. The van der Waals surface area contributed by atoms with Gasteiger partial charge in [-0.15, -0.1) is 11.6 Å². The van der Waals surface area contributed by atoms with Crippen molar-refractivity contribution in [2.45, 2.75) is 58.3 Å². The summed E-state index contributed by atoms with van der Waals surface area (Å²) < 4.78 is 4.63. The minimum atomic E-state index is -0.303. The van der Waals surface area contributed by atoms with E-state index in [9.17, 15) is 4.79 Å². The Kier molecular flexibility index (Phi) is 11.6. The molecular formula is C14H25ClO2. The van der Waals surface area contributed by atoms with Gasteiger partial charge < -0.3 is 4.74 Å². The quantitative estimate of drug-likeness (QED) is 0.251. The predicted octanol–water partition coefficient (Wildman–Crippen LogP) is 4.47. The van der Waals surface area contributed by atoms with Crippen molar-refractivity contribution in [2.75, 3.05) is 13.0 Å². The number of hydrogen-bond acceptors (Lipinski definition) is 2. The van der Waals surface area contributed by atoms with Crippen LogP contribution in [0.3, 0.4) is 0 Å². The molecule has 0 aliphatic heterocycles. The number of allylic oxidation sites excluding steroid dienone is 1. The van der Waals surface area contributed by atoms with E-state index in [0.717, 1.165) is 12.8 Å². The lowest BCUT2D eigenvalue weighted by Gasteiger charge is -2.02. The van der Waals surface area contributed by atoms with Gasteiger partial charge in [0.05, 0.1) is 13.0 Å². The maximum absolute atomic E-state index is 11.2. The molecule has 0 N–H and O–H groups in total. The number of rotatable bonds is 10. The Morgan fingerprint density at radius 1 is 1.12 bits per heavy atom. The Hall–Kier alpha value is -0.500. The van der Waals surface area contributed by atoms with Crippen LogP contribution in [0.4, 0.5) is 0 Å². The first-order chi connectivity index (χ1) is 8.26. The highest BCUT2D eigenvalue weighted by Gasteiger charge is 2.06. The van der Waals surface area contributed by atoms with Crippen LogP contribution < -0.4 is 0 Å². The van der Waals surface area contributed by atoms with Crippen molar-refractivity contribution in [3.8, 4) is 0 Å². The molecule has 100 valence electrons. The van der Waals surface area contributed by atoms with Crippen molar-refractivity contribution in [3.63, 3.8) is 0 Å². The highest BCUT2D eigenvalue weighted by Crippen LogP contribution is 2.10. The van der Waals surface area contributed by atoms with Gasteiger partial charge in [0, 0.05) is 5.57 Å². The molecule has 0 aromatic carbocycles. The second-order valence-electron chi connectivity index (χ2n) is 4.26.